The van der Waals surface area contributed by atoms with Gasteiger partial charge in [0, 0.05) is 30.6 Å². The number of halogens is 1. The normalized spacial score (nSPS) is 24.5. The highest BCUT2D eigenvalue weighted by Gasteiger charge is 2.47. The van der Waals surface area contributed by atoms with E-state index >= 15 is 0 Å². The van der Waals surface area contributed by atoms with Crippen molar-refractivity contribution in [3.8, 4) is 11.4 Å². The fraction of sp³-hybridized carbons (Fsp3) is 0.676. The average molecular weight is 670 g/mol. The Kier molecular flexibility index (Phi) is 12.0. The molecule has 0 bridgehead atoms. The van der Waals surface area contributed by atoms with E-state index < -0.39 is 37.1 Å². The molecule has 1 aliphatic heterocycles. The van der Waals surface area contributed by atoms with Crippen LogP contribution in [0.4, 0.5) is 14.9 Å². The molecule has 48 heavy (non-hydrogen) atoms. The molecule has 13 nitrogen and oxygen atoms in total. The van der Waals surface area contributed by atoms with E-state index in [1.165, 1.54) is 13.3 Å². The van der Waals surface area contributed by atoms with Gasteiger partial charge in [-0.25, -0.2) is 14.3 Å². The first-order valence-corrected chi connectivity index (χ1v) is 17.3. The summed E-state index contributed by atoms with van der Waals surface area (Å²) in [6, 6.07) is 5.92. The van der Waals surface area contributed by atoms with E-state index in [0.29, 0.717) is 49.7 Å². The number of tetrazole rings is 1. The number of carbonyl (C=O) groups excluding carboxylic acids is 4. The lowest BCUT2D eigenvalue weighted by molar-refractivity contribution is -0.168. The van der Waals surface area contributed by atoms with Gasteiger partial charge in [-0.2, -0.15) is 0 Å². The van der Waals surface area contributed by atoms with Crippen LogP contribution < -0.4 is 10.6 Å². The Morgan fingerprint density at radius 1 is 0.958 bits per heavy atom. The number of hydrogen-bond donors (Lipinski definition) is 3. The number of aromatic nitrogens is 4. The van der Waals surface area contributed by atoms with Crippen LogP contribution in [0.2, 0.25) is 0 Å². The summed E-state index contributed by atoms with van der Waals surface area (Å²) in [5.74, 6) is -0.504. The molecule has 262 valence electrons. The number of likely N-dealkylation sites (tertiary alicyclic amines) is 1. The largest absolute Gasteiger partial charge is 0.425 e. The van der Waals surface area contributed by atoms with Gasteiger partial charge in [0.15, 0.2) is 5.82 Å². The molecule has 2 aliphatic carbocycles. The van der Waals surface area contributed by atoms with E-state index in [2.05, 4.69) is 31.3 Å². The first kappa shape index (κ1) is 35.2. The molecule has 14 heteroatoms. The molecule has 2 saturated carbocycles. The van der Waals surface area contributed by atoms with Gasteiger partial charge in [-0.1, -0.05) is 46.0 Å². The first-order chi connectivity index (χ1) is 23.1. The Balaban J connectivity index is 1.19. The Hall–Kier alpha value is -4.10. The molecule has 1 aromatic carbocycles. The molecule has 5 rings (SSSR count). The number of esters is 1. The molecule has 3 fully saturated rings. The highest BCUT2D eigenvalue weighted by atomic mass is 19.1. The third-order valence-electron chi connectivity index (χ3n) is 10.2. The third kappa shape index (κ3) is 8.67. The number of anilines is 1. The van der Waals surface area contributed by atoms with Crippen LogP contribution in [-0.2, 0) is 23.9 Å². The van der Waals surface area contributed by atoms with Gasteiger partial charge in [-0.15, -0.1) is 5.10 Å². The van der Waals surface area contributed by atoms with E-state index in [1.807, 2.05) is 12.1 Å². The molecule has 3 amide bonds. The monoisotopic (exact) mass is 669 g/mol. The molecule has 2 heterocycles. The van der Waals surface area contributed by atoms with Crippen LogP contribution in [0.15, 0.2) is 24.3 Å². The van der Waals surface area contributed by atoms with E-state index in [-0.39, 0.29) is 35.5 Å². The van der Waals surface area contributed by atoms with Gasteiger partial charge < -0.3 is 25.0 Å². The smallest absolute Gasteiger partial charge is 0.410 e. The topological polar surface area (TPSA) is 168 Å². The van der Waals surface area contributed by atoms with Crippen molar-refractivity contribution >= 4 is 29.6 Å². The summed E-state index contributed by atoms with van der Waals surface area (Å²) in [6.07, 6.45) is 6.64. The van der Waals surface area contributed by atoms with Gasteiger partial charge in [0.05, 0.1) is 12.0 Å². The quantitative estimate of drug-likeness (QED) is 0.220. The predicted octanol–water partition coefficient (Wildman–Crippen LogP) is 5.02. The fourth-order valence-electron chi connectivity index (χ4n) is 7.61. The fourth-order valence-corrected chi connectivity index (χ4v) is 7.61. The minimum atomic E-state index is -1.10. The van der Waals surface area contributed by atoms with Crippen LogP contribution in [0.3, 0.4) is 0 Å². The zero-order chi connectivity index (χ0) is 34.2. The average Bonchev–Trinajstić information content (AvgIpc) is 3.79. The van der Waals surface area contributed by atoms with Crippen LogP contribution in [-0.4, -0.2) is 81.0 Å². The molecule has 4 atom stereocenters. The Morgan fingerprint density at radius 3 is 2.29 bits per heavy atom. The summed E-state index contributed by atoms with van der Waals surface area (Å²) in [5, 5.41) is 19.5. The van der Waals surface area contributed by atoms with E-state index in [4.69, 9.17) is 9.47 Å². The maximum Gasteiger partial charge on any atom is 0.410 e. The van der Waals surface area contributed by atoms with Gasteiger partial charge in [0.2, 0.25) is 18.1 Å². The number of ether oxygens (including phenoxy) is 2. The van der Waals surface area contributed by atoms with Gasteiger partial charge in [0.25, 0.3) is 0 Å². The van der Waals surface area contributed by atoms with Crippen molar-refractivity contribution in [2.45, 2.75) is 103 Å². The number of amides is 3. The lowest BCUT2D eigenvalue weighted by atomic mass is 9.76. The minimum Gasteiger partial charge on any atom is -0.425 e. The van der Waals surface area contributed by atoms with E-state index in [9.17, 15) is 23.6 Å². The lowest BCUT2D eigenvalue weighted by Crippen LogP contribution is -2.50. The summed E-state index contributed by atoms with van der Waals surface area (Å²) >= 11 is 0. The third-order valence-corrected chi connectivity index (χ3v) is 10.2. The molecular formula is C34H48FN7O6. The number of nitrogens with zero attached hydrogens (tertiary/aromatic N) is 4. The van der Waals surface area contributed by atoms with Gasteiger partial charge >= 0.3 is 12.1 Å². The van der Waals surface area contributed by atoms with Gasteiger partial charge in [-0.05, 0) is 84.6 Å². The molecule has 1 aromatic heterocycles. The van der Waals surface area contributed by atoms with Crippen molar-refractivity contribution in [1.29, 1.82) is 0 Å². The number of nitrogens with one attached hydrogen (secondary N) is 3. The molecule has 1 unspecified atom stereocenters. The van der Waals surface area contributed by atoms with E-state index in [1.54, 1.807) is 30.9 Å². The molecule has 3 aliphatic rings. The number of hydrogen-bond acceptors (Lipinski definition) is 9. The van der Waals surface area contributed by atoms with Crippen molar-refractivity contribution < 1.29 is 33.0 Å². The summed E-state index contributed by atoms with van der Waals surface area (Å²) in [5.41, 5.74) is 1.42. The summed E-state index contributed by atoms with van der Waals surface area (Å²) < 4.78 is 24.3. The maximum absolute atomic E-state index is 14.1. The van der Waals surface area contributed by atoms with Crippen LogP contribution in [0.1, 0.15) is 85.0 Å². The summed E-state index contributed by atoms with van der Waals surface area (Å²) in [6.45, 7) is 4.52. The Morgan fingerprint density at radius 2 is 1.67 bits per heavy atom. The molecule has 0 radical (unpaired) electrons. The Bertz CT molecular complexity index is 1380. The number of benzene rings is 1. The first-order valence-electron chi connectivity index (χ1n) is 17.3. The SMILES string of the molecule is CC(C)C(=O)O[C@@H](C)OC(=O)N[C@H](CF)[C@H]1CC[C@H](C(=O)N2CCC(C3CCCCC3)[C@H]2C(=O)Nc2ccc(-c3nnn[nH]3)cc2)CC1. The van der Waals surface area contributed by atoms with E-state index in [0.717, 1.165) is 37.7 Å². The van der Waals surface area contributed by atoms with Crippen molar-refractivity contribution in [2.75, 3.05) is 18.5 Å². The molecule has 0 spiro atoms. The number of alkyl halides is 1. The number of H-pyrrole nitrogens is 1. The summed E-state index contributed by atoms with van der Waals surface area (Å²) in [4.78, 5) is 54.0. The molecular weight excluding hydrogens is 621 g/mol. The Labute approximate surface area is 280 Å². The van der Waals surface area contributed by atoms with Crippen LogP contribution in [0.25, 0.3) is 11.4 Å². The molecule has 3 N–H and O–H groups in total. The number of carbonyl (C=O) groups is 4. The van der Waals surface area contributed by atoms with Crippen LogP contribution in [0.5, 0.6) is 0 Å². The number of aromatic amines is 1. The van der Waals surface area contributed by atoms with Crippen molar-refractivity contribution in [3.63, 3.8) is 0 Å². The molecule has 2 aromatic rings. The zero-order valence-corrected chi connectivity index (χ0v) is 28.0. The standard InChI is InChI=1S/C34H48FN7O6/c1-20(2)33(45)47-21(3)48-34(46)37-28(19-35)23-9-11-25(12-10-23)32(44)42-18-17-27(22-7-5-4-6-8-22)29(42)31(43)36-26-15-13-24(14-16-26)30-38-40-41-39-30/h13-16,20-23,25,27-29H,4-12,17-19H2,1-3H3,(H,36,43)(H,37,46)(H,38,39,40,41)/t21-,23-,25-,27?,28-,29+/m1/s1. The van der Waals surface area contributed by atoms with Crippen molar-refractivity contribution in [3.05, 3.63) is 24.3 Å². The van der Waals surface area contributed by atoms with Gasteiger partial charge in [-0.3, -0.25) is 14.4 Å². The number of alkyl carbamates (subject to hydrolysis) is 1. The van der Waals surface area contributed by atoms with Crippen molar-refractivity contribution in [2.24, 2.45) is 29.6 Å². The zero-order valence-electron chi connectivity index (χ0n) is 28.0. The maximum atomic E-state index is 14.1. The predicted molar refractivity (Wildman–Crippen MR) is 174 cm³/mol. The molecule has 1 saturated heterocycles. The second kappa shape index (κ2) is 16.3. The highest BCUT2D eigenvalue weighted by molar-refractivity contribution is 5.98. The second-order valence-corrected chi connectivity index (χ2v) is 13.7. The summed E-state index contributed by atoms with van der Waals surface area (Å²) in [7, 11) is 0. The minimum absolute atomic E-state index is 0.0231. The van der Waals surface area contributed by atoms with Crippen molar-refractivity contribution in [1.82, 2.24) is 30.8 Å². The van der Waals surface area contributed by atoms with Crippen LogP contribution >= 0.6 is 0 Å². The number of rotatable bonds is 11. The van der Waals surface area contributed by atoms with Gasteiger partial charge in [0.1, 0.15) is 12.7 Å². The van der Waals surface area contributed by atoms with Crippen LogP contribution in [0, 0.1) is 29.6 Å². The second-order valence-electron chi connectivity index (χ2n) is 13.7. The highest BCUT2D eigenvalue weighted by Crippen LogP contribution is 2.41. The lowest BCUT2D eigenvalue weighted by Gasteiger charge is -2.37.